The summed E-state index contributed by atoms with van der Waals surface area (Å²) in [4.78, 5) is 16.4. The molecule has 1 atom stereocenters. The number of fused-ring (bicyclic) bond motifs is 1. The highest BCUT2D eigenvalue weighted by molar-refractivity contribution is 5.89. The van der Waals surface area contributed by atoms with Gasteiger partial charge in [0.25, 0.3) is 0 Å². The predicted octanol–water partition coefficient (Wildman–Crippen LogP) is 2.87. The molecule has 104 valence electrons. The molecule has 2 heterocycles. The minimum Gasteiger partial charge on any atom is -0.451 e. The molecule has 1 aliphatic carbocycles. The fourth-order valence-corrected chi connectivity index (χ4v) is 2.44. The van der Waals surface area contributed by atoms with Gasteiger partial charge in [0.1, 0.15) is 11.9 Å². The summed E-state index contributed by atoms with van der Waals surface area (Å²) in [6.07, 6.45) is 5.11. The van der Waals surface area contributed by atoms with Gasteiger partial charge < -0.3 is 9.26 Å². The van der Waals surface area contributed by atoms with Gasteiger partial charge in [0, 0.05) is 18.2 Å². The summed E-state index contributed by atoms with van der Waals surface area (Å²) in [5.41, 5.74) is 1.95. The van der Waals surface area contributed by atoms with Crippen LogP contribution in [-0.4, -0.2) is 16.1 Å². The molecule has 0 saturated heterocycles. The molecule has 0 aromatic carbocycles. The molecule has 0 aliphatic heterocycles. The lowest BCUT2D eigenvalue weighted by Gasteiger charge is -2.13. The van der Waals surface area contributed by atoms with Crippen molar-refractivity contribution >= 4 is 5.97 Å². The third-order valence-electron chi connectivity index (χ3n) is 3.53. The second kappa shape index (κ2) is 5.45. The van der Waals surface area contributed by atoms with Gasteiger partial charge in [0.15, 0.2) is 5.69 Å². The summed E-state index contributed by atoms with van der Waals surface area (Å²) in [5, 5.41) is 3.87. The molecule has 1 aliphatic rings. The van der Waals surface area contributed by atoms with Crippen LogP contribution in [0.5, 0.6) is 0 Å². The maximum atomic E-state index is 12.2. The summed E-state index contributed by atoms with van der Waals surface area (Å²) in [5.74, 6) is 0.392. The topological polar surface area (TPSA) is 65.2 Å². The molecule has 0 N–H and O–H groups in total. The first-order valence-corrected chi connectivity index (χ1v) is 6.85. The van der Waals surface area contributed by atoms with E-state index < -0.39 is 12.1 Å². The number of rotatable bonds is 3. The third-order valence-corrected chi connectivity index (χ3v) is 3.53. The van der Waals surface area contributed by atoms with E-state index in [1.54, 1.807) is 13.1 Å². The van der Waals surface area contributed by atoms with Crippen LogP contribution in [0.2, 0.25) is 0 Å². The van der Waals surface area contributed by atoms with Crippen molar-refractivity contribution in [3.63, 3.8) is 0 Å². The van der Waals surface area contributed by atoms with Crippen molar-refractivity contribution in [3.8, 4) is 0 Å². The lowest BCUT2D eigenvalue weighted by molar-refractivity contribution is 0.0316. The van der Waals surface area contributed by atoms with Crippen molar-refractivity contribution in [2.45, 2.75) is 38.7 Å². The summed E-state index contributed by atoms with van der Waals surface area (Å²) < 4.78 is 10.7. The van der Waals surface area contributed by atoms with Gasteiger partial charge in [-0.15, -0.1) is 0 Å². The first-order chi connectivity index (χ1) is 9.75. The Hall–Kier alpha value is -2.17. The number of ether oxygens (including phenoxy) is 1. The van der Waals surface area contributed by atoms with Gasteiger partial charge >= 0.3 is 5.97 Å². The van der Waals surface area contributed by atoms with Gasteiger partial charge in [0.2, 0.25) is 0 Å². The summed E-state index contributed by atoms with van der Waals surface area (Å²) in [6, 6.07) is 5.52. The standard InChI is InChI=1S/C15H16N2O3/c1-10(12-7-4-5-9-16-12)19-15(18)14-11-6-2-3-8-13(11)20-17-14/h4-5,7,9-10H,2-3,6,8H2,1H3/t10-/m0/s1. The number of pyridine rings is 1. The van der Waals surface area contributed by atoms with E-state index in [2.05, 4.69) is 10.1 Å². The Morgan fingerprint density at radius 1 is 1.35 bits per heavy atom. The van der Waals surface area contributed by atoms with Crippen LogP contribution < -0.4 is 0 Å². The lowest BCUT2D eigenvalue weighted by Crippen LogP contribution is -2.13. The Morgan fingerprint density at radius 2 is 2.20 bits per heavy atom. The molecule has 5 nitrogen and oxygen atoms in total. The second-order valence-electron chi connectivity index (χ2n) is 4.94. The number of nitrogens with zero attached hydrogens (tertiary/aromatic N) is 2. The van der Waals surface area contributed by atoms with Crippen molar-refractivity contribution < 1.29 is 14.1 Å². The van der Waals surface area contributed by atoms with Crippen LogP contribution in [0.1, 0.15) is 53.4 Å². The monoisotopic (exact) mass is 272 g/mol. The van der Waals surface area contributed by atoms with E-state index in [-0.39, 0.29) is 0 Å². The summed E-state index contributed by atoms with van der Waals surface area (Å²) in [6.45, 7) is 1.80. The molecule has 0 amide bonds. The number of hydrogen-bond acceptors (Lipinski definition) is 5. The highest BCUT2D eigenvalue weighted by Crippen LogP contribution is 2.26. The molecular weight excluding hydrogens is 256 g/mol. The van der Waals surface area contributed by atoms with Crippen LogP contribution in [0.4, 0.5) is 0 Å². The number of aryl methyl sites for hydroxylation is 1. The van der Waals surface area contributed by atoms with E-state index in [9.17, 15) is 4.79 Å². The number of aromatic nitrogens is 2. The maximum absolute atomic E-state index is 12.2. The third kappa shape index (κ3) is 2.43. The van der Waals surface area contributed by atoms with E-state index in [1.807, 2.05) is 18.2 Å². The fourth-order valence-electron chi connectivity index (χ4n) is 2.44. The number of carbonyl (C=O) groups excluding carboxylic acids is 1. The van der Waals surface area contributed by atoms with Crippen LogP contribution in [0.3, 0.4) is 0 Å². The van der Waals surface area contributed by atoms with Crippen LogP contribution in [-0.2, 0) is 17.6 Å². The van der Waals surface area contributed by atoms with Gasteiger partial charge in [-0.05, 0) is 38.3 Å². The average molecular weight is 272 g/mol. The molecule has 2 aromatic heterocycles. The summed E-state index contributed by atoms with van der Waals surface area (Å²) >= 11 is 0. The van der Waals surface area contributed by atoms with Crippen molar-refractivity contribution in [3.05, 3.63) is 47.1 Å². The Kier molecular flexibility index (Phi) is 3.50. The zero-order chi connectivity index (χ0) is 13.9. The Labute approximate surface area is 116 Å². The molecular formula is C15H16N2O3. The number of esters is 1. The first-order valence-electron chi connectivity index (χ1n) is 6.85. The number of hydrogen-bond donors (Lipinski definition) is 0. The minimum atomic E-state index is -0.435. The first kappa shape index (κ1) is 12.8. The van der Waals surface area contributed by atoms with Crippen LogP contribution >= 0.6 is 0 Å². The van der Waals surface area contributed by atoms with Gasteiger partial charge in [-0.3, -0.25) is 4.98 Å². The van der Waals surface area contributed by atoms with Crippen LogP contribution in [0.25, 0.3) is 0 Å². The highest BCUT2D eigenvalue weighted by atomic mass is 16.5. The molecule has 0 bridgehead atoms. The van der Waals surface area contributed by atoms with Crippen molar-refractivity contribution in [1.29, 1.82) is 0 Å². The van der Waals surface area contributed by atoms with E-state index in [0.717, 1.165) is 42.7 Å². The Morgan fingerprint density at radius 3 is 3.00 bits per heavy atom. The minimum absolute atomic E-state index is 0.322. The smallest absolute Gasteiger partial charge is 0.361 e. The van der Waals surface area contributed by atoms with Crippen molar-refractivity contribution in [2.75, 3.05) is 0 Å². The molecule has 2 aromatic rings. The lowest BCUT2D eigenvalue weighted by atomic mass is 9.96. The predicted molar refractivity (Wildman–Crippen MR) is 71.2 cm³/mol. The maximum Gasteiger partial charge on any atom is 0.361 e. The van der Waals surface area contributed by atoms with Gasteiger partial charge in [0.05, 0.1) is 5.69 Å². The van der Waals surface area contributed by atoms with E-state index in [0.29, 0.717) is 5.69 Å². The molecule has 20 heavy (non-hydrogen) atoms. The normalized spacial score (nSPS) is 15.4. The molecule has 0 radical (unpaired) electrons. The zero-order valence-electron chi connectivity index (χ0n) is 11.3. The molecule has 0 fully saturated rings. The quantitative estimate of drug-likeness (QED) is 0.804. The fraction of sp³-hybridized carbons (Fsp3) is 0.400. The highest BCUT2D eigenvalue weighted by Gasteiger charge is 2.26. The van der Waals surface area contributed by atoms with Crippen LogP contribution in [0.15, 0.2) is 28.9 Å². The molecule has 5 heteroatoms. The zero-order valence-corrected chi connectivity index (χ0v) is 11.3. The second-order valence-corrected chi connectivity index (χ2v) is 4.94. The van der Waals surface area contributed by atoms with E-state index >= 15 is 0 Å². The average Bonchev–Trinajstić information content (AvgIpc) is 2.92. The SMILES string of the molecule is C[C@H](OC(=O)c1noc2c1CCCC2)c1ccccn1. The number of carbonyl (C=O) groups is 1. The van der Waals surface area contributed by atoms with Gasteiger partial charge in [-0.25, -0.2) is 4.79 Å². The Bertz CT molecular complexity index is 607. The molecule has 0 spiro atoms. The van der Waals surface area contributed by atoms with Crippen molar-refractivity contribution in [1.82, 2.24) is 10.1 Å². The van der Waals surface area contributed by atoms with Gasteiger partial charge in [-0.2, -0.15) is 0 Å². The summed E-state index contributed by atoms with van der Waals surface area (Å²) in [7, 11) is 0. The van der Waals surface area contributed by atoms with E-state index in [4.69, 9.17) is 9.26 Å². The van der Waals surface area contributed by atoms with Crippen molar-refractivity contribution in [2.24, 2.45) is 0 Å². The van der Waals surface area contributed by atoms with E-state index in [1.165, 1.54) is 0 Å². The molecule has 0 unspecified atom stereocenters. The van der Waals surface area contributed by atoms with Gasteiger partial charge in [-0.1, -0.05) is 11.2 Å². The molecule has 0 saturated carbocycles. The van der Waals surface area contributed by atoms with Crippen LogP contribution in [0, 0.1) is 0 Å². The Balaban J connectivity index is 1.75. The molecule has 3 rings (SSSR count). The largest absolute Gasteiger partial charge is 0.451 e.